The summed E-state index contributed by atoms with van der Waals surface area (Å²) in [5.74, 6) is 0.677. The Balaban J connectivity index is 1.68. The monoisotopic (exact) mass is 345 g/mol. The van der Waals surface area contributed by atoms with Gasteiger partial charge < -0.3 is 5.32 Å². The van der Waals surface area contributed by atoms with Crippen LogP contribution in [0, 0.1) is 6.92 Å². The molecule has 24 heavy (non-hydrogen) atoms. The number of piperidine rings is 1. The molecule has 1 aromatic carbocycles. The van der Waals surface area contributed by atoms with Gasteiger partial charge in [-0.3, -0.25) is 0 Å². The fraction of sp³-hybridized carbons (Fsp3) is 0.389. The Morgan fingerprint density at radius 1 is 1.08 bits per heavy atom. The number of aromatic nitrogens is 1. The van der Waals surface area contributed by atoms with Crippen LogP contribution in [-0.4, -0.2) is 30.8 Å². The van der Waals surface area contributed by atoms with Gasteiger partial charge in [-0.05, 0) is 43.0 Å². The van der Waals surface area contributed by atoms with E-state index in [0.29, 0.717) is 25.5 Å². The fourth-order valence-corrected chi connectivity index (χ4v) is 4.35. The summed E-state index contributed by atoms with van der Waals surface area (Å²) >= 11 is 0. The van der Waals surface area contributed by atoms with E-state index in [-0.39, 0.29) is 4.90 Å². The van der Waals surface area contributed by atoms with Crippen molar-refractivity contribution in [1.82, 2.24) is 9.29 Å². The minimum Gasteiger partial charge on any atom is -0.366 e. The molecule has 1 saturated heterocycles. The highest BCUT2D eigenvalue weighted by molar-refractivity contribution is 7.89. The quantitative estimate of drug-likeness (QED) is 0.904. The van der Waals surface area contributed by atoms with E-state index >= 15 is 0 Å². The van der Waals surface area contributed by atoms with E-state index in [1.54, 1.807) is 16.4 Å². The number of nitrogens with zero attached hydrogens (tertiary/aromatic N) is 2. The molecule has 128 valence electrons. The normalized spacial score (nSPS) is 16.0. The van der Waals surface area contributed by atoms with E-state index in [1.807, 2.05) is 12.1 Å². The molecule has 2 heterocycles. The molecule has 1 aliphatic rings. The van der Waals surface area contributed by atoms with Crippen LogP contribution in [0.3, 0.4) is 0 Å². The number of sulfonamides is 1. The molecular weight excluding hydrogens is 322 g/mol. The second kappa shape index (κ2) is 7.32. The van der Waals surface area contributed by atoms with Gasteiger partial charge in [-0.1, -0.05) is 30.7 Å². The van der Waals surface area contributed by atoms with Crippen molar-refractivity contribution in [2.75, 3.05) is 18.4 Å². The highest BCUT2D eigenvalue weighted by Gasteiger charge is 2.26. The summed E-state index contributed by atoms with van der Waals surface area (Å²) in [7, 11) is -3.41. The molecule has 1 fully saturated rings. The fourth-order valence-electron chi connectivity index (χ4n) is 2.89. The van der Waals surface area contributed by atoms with E-state index in [9.17, 15) is 8.42 Å². The number of benzene rings is 1. The van der Waals surface area contributed by atoms with Crippen LogP contribution in [0.5, 0.6) is 0 Å². The molecule has 0 saturated carbocycles. The van der Waals surface area contributed by atoms with Gasteiger partial charge in [0.25, 0.3) is 0 Å². The van der Waals surface area contributed by atoms with E-state index in [1.165, 1.54) is 17.3 Å². The van der Waals surface area contributed by atoms with E-state index in [2.05, 4.69) is 29.4 Å². The average Bonchev–Trinajstić information content (AvgIpc) is 2.62. The standard InChI is InChI=1S/C18H23N3O2S/c1-15-7-3-4-8-16(15)13-19-18-10-9-17(14-20-18)24(22,23)21-11-5-2-6-12-21/h3-4,7-10,14H,2,5-6,11-13H2,1H3,(H,19,20). The minimum atomic E-state index is -3.41. The summed E-state index contributed by atoms with van der Waals surface area (Å²) in [6.45, 7) is 3.95. The molecular formula is C18H23N3O2S. The Bertz CT molecular complexity index is 782. The molecule has 2 aromatic rings. The zero-order valence-corrected chi connectivity index (χ0v) is 14.7. The van der Waals surface area contributed by atoms with Gasteiger partial charge in [0.1, 0.15) is 10.7 Å². The van der Waals surface area contributed by atoms with Crippen molar-refractivity contribution in [2.45, 2.75) is 37.6 Å². The molecule has 0 spiro atoms. The molecule has 6 heteroatoms. The summed E-state index contributed by atoms with van der Waals surface area (Å²) in [6, 6.07) is 11.5. The van der Waals surface area contributed by atoms with Gasteiger partial charge in [-0.15, -0.1) is 0 Å². The summed E-state index contributed by atoms with van der Waals surface area (Å²) < 4.78 is 26.7. The Labute approximate surface area is 143 Å². The first-order chi connectivity index (χ1) is 11.6. The summed E-state index contributed by atoms with van der Waals surface area (Å²) in [5, 5.41) is 3.24. The number of pyridine rings is 1. The van der Waals surface area contributed by atoms with Crippen LogP contribution in [-0.2, 0) is 16.6 Å². The average molecular weight is 345 g/mol. The number of hydrogen-bond acceptors (Lipinski definition) is 4. The predicted molar refractivity (Wildman–Crippen MR) is 95.4 cm³/mol. The predicted octanol–water partition coefficient (Wildman–Crippen LogP) is 3.18. The maximum absolute atomic E-state index is 12.6. The molecule has 1 aliphatic heterocycles. The maximum Gasteiger partial charge on any atom is 0.244 e. The number of hydrogen-bond donors (Lipinski definition) is 1. The van der Waals surface area contributed by atoms with Crippen LogP contribution in [0.1, 0.15) is 30.4 Å². The lowest BCUT2D eigenvalue weighted by atomic mass is 10.1. The van der Waals surface area contributed by atoms with Crippen LogP contribution in [0.15, 0.2) is 47.5 Å². The zero-order chi connectivity index (χ0) is 17.0. The van der Waals surface area contributed by atoms with E-state index in [0.717, 1.165) is 19.3 Å². The van der Waals surface area contributed by atoms with Crippen molar-refractivity contribution in [3.63, 3.8) is 0 Å². The molecule has 3 rings (SSSR count). The summed E-state index contributed by atoms with van der Waals surface area (Å²) in [6.07, 6.45) is 4.42. The highest BCUT2D eigenvalue weighted by Crippen LogP contribution is 2.21. The summed E-state index contributed by atoms with van der Waals surface area (Å²) in [4.78, 5) is 4.54. The van der Waals surface area contributed by atoms with E-state index < -0.39 is 10.0 Å². The lowest BCUT2D eigenvalue weighted by Gasteiger charge is -2.25. The third-order valence-corrected chi connectivity index (χ3v) is 6.29. The van der Waals surface area contributed by atoms with Crippen molar-refractivity contribution in [1.29, 1.82) is 0 Å². The number of aryl methyl sites for hydroxylation is 1. The number of anilines is 1. The number of rotatable bonds is 5. The Kier molecular flexibility index (Phi) is 5.16. The van der Waals surface area contributed by atoms with Crippen molar-refractivity contribution >= 4 is 15.8 Å². The third kappa shape index (κ3) is 3.76. The van der Waals surface area contributed by atoms with Crippen LogP contribution >= 0.6 is 0 Å². The molecule has 5 nitrogen and oxygen atoms in total. The van der Waals surface area contributed by atoms with Gasteiger partial charge in [0.05, 0.1) is 0 Å². The molecule has 0 unspecified atom stereocenters. The van der Waals surface area contributed by atoms with Crippen molar-refractivity contribution < 1.29 is 8.42 Å². The van der Waals surface area contributed by atoms with Gasteiger partial charge >= 0.3 is 0 Å². The largest absolute Gasteiger partial charge is 0.366 e. The van der Waals surface area contributed by atoms with Crippen molar-refractivity contribution in [3.05, 3.63) is 53.7 Å². The van der Waals surface area contributed by atoms with Gasteiger partial charge in [-0.25, -0.2) is 13.4 Å². The maximum atomic E-state index is 12.6. The first-order valence-corrected chi connectivity index (χ1v) is 9.76. The van der Waals surface area contributed by atoms with Crippen molar-refractivity contribution in [3.8, 4) is 0 Å². The molecule has 0 atom stereocenters. The smallest absolute Gasteiger partial charge is 0.244 e. The van der Waals surface area contributed by atoms with Gasteiger partial charge in [0.2, 0.25) is 10.0 Å². The lowest BCUT2D eigenvalue weighted by molar-refractivity contribution is 0.346. The van der Waals surface area contributed by atoms with Crippen LogP contribution in [0.2, 0.25) is 0 Å². The lowest BCUT2D eigenvalue weighted by Crippen LogP contribution is -2.35. The van der Waals surface area contributed by atoms with Gasteiger partial charge in [0, 0.05) is 25.8 Å². The third-order valence-electron chi connectivity index (χ3n) is 4.41. The van der Waals surface area contributed by atoms with Crippen LogP contribution in [0.25, 0.3) is 0 Å². The minimum absolute atomic E-state index is 0.269. The van der Waals surface area contributed by atoms with Crippen LogP contribution in [0.4, 0.5) is 5.82 Å². The molecule has 0 amide bonds. The topological polar surface area (TPSA) is 62.3 Å². The van der Waals surface area contributed by atoms with E-state index in [4.69, 9.17) is 0 Å². The molecule has 0 aliphatic carbocycles. The Morgan fingerprint density at radius 3 is 2.50 bits per heavy atom. The highest BCUT2D eigenvalue weighted by atomic mass is 32.2. The van der Waals surface area contributed by atoms with Gasteiger partial charge in [0.15, 0.2) is 0 Å². The second-order valence-corrected chi connectivity index (χ2v) is 8.06. The van der Waals surface area contributed by atoms with Crippen LogP contribution < -0.4 is 5.32 Å². The second-order valence-electron chi connectivity index (χ2n) is 6.12. The first-order valence-electron chi connectivity index (χ1n) is 8.32. The van der Waals surface area contributed by atoms with Crippen molar-refractivity contribution in [2.24, 2.45) is 0 Å². The molecule has 1 N–H and O–H groups in total. The van der Waals surface area contributed by atoms with Gasteiger partial charge in [-0.2, -0.15) is 4.31 Å². The number of nitrogens with one attached hydrogen (secondary N) is 1. The summed E-state index contributed by atoms with van der Waals surface area (Å²) in [5.41, 5.74) is 2.42. The molecule has 0 radical (unpaired) electrons. The molecule has 0 bridgehead atoms. The SMILES string of the molecule is Cc1ccccc1CNc1ccc(S(=O)(=O)N2CCCCC2)cn1. The first kappa shape index (κ1) is 16.9. The molecule has 1 aromatic heterocycles. The Morgan fingerprint density at radius 2 is 1.83 bits per heavy atom. The Hall–Kier alpha value is -1.92. The zero-order valence-electron chi connectivity index (χ0n) is 13.9.